The van der Waals surface area contributed by atoms with Gasteiger partial charge in [0.1, 0.15) is 12.4 Å². The molecule has 0 unspecified atom stereocenters. The quantitative estimate of drug-likeness (QED) is 0.628. The second kappa shape index (κ2) is 4.81. The molecule has 16 heavy (non-hydrogen) atoms. The van der Waals surface area contributed by atoms with Crippen LogP contribution in [0, 0.1) is 0 Å². The average molecular weight is 218 g/mol. The summed E-state index contributed by atoms with van der Waals surface area (Å²) in [4.78, 5) is 4.24. The SMILES string of the molecule is COCCOc1ccnc2cc(N)ccc12. The van der Waals surface area contributed by atoms with Crippen molar-refractivity contribution in [1.82, 2.24) is 4.98 Å². The molecule has 0 bridgehead atoms. The zero-order valence-electron chi connectivity index (χ0n) is 9.14. The van der Waals surface area contributed by atoms with Crippen molar-refractivity contribution >= 4 is 16.6 Å². The molecule has 2 rings (SSSR count). The molecular weight excluding hydrogens is 204 g/mol. The third-order valence-corrected chi connectivity index (χ3v) is 2.27. The van der Waals surface area contributed by atoms with E-state index in [1.54, 1.807) is 13.3 Å². The minimum atomic E-state index is 0.528. The van der Waals surface area contributed by atoms with Crippen LogP contribution in [0.1, 0.15) is 0 Å². The van der Waals surface area contributed by atoms with Crippen molar-refractivity contribution < 1.29 is 9.47 Å². The van der Waals surface area contributed by atoms with E-state index in [9.17, 15) is 0 Å². The van der Waals surface area contributed by atoms with Crippen LogP contribution in [0.4, 0.5) is 5.69 Å². The summed E-state index contributed by atoms with van der Waals surface area (Å²) >= 11 is 0. The molecule has 0 saturated carbocycles. The number of ether oxygens (including phenoxy) is 2. The normalized spacial score (nSPS) is 10.6. The fraction of sp³-hybridized carbons (Fsp3) is 0.250. The first kappa shape index (κ1) is 10.7. The lowest BCUT2D eigenvalue weighted by atomic mass is 10.2. The van der Waals surface area contributed by atoms with Gasteiger partial charge in [-0.3, -0.25) is 4.98 Å². The number of anilines is 1. The van der Waals surface area contributed by atoms with E-state index < -0.39 is 0 Å². The number of rotatable bonds is 4. The molecule has 4 heteroatoms. The largest absolute Gasteiger partial charge is 0.490 e. The Labute approximate surface area is 94.0 Å². The van der Waals surface area contributed by atoms with Gasteiger partial charge >= 0.3 is 0 Å². The molecule has 0 aliphatic carbocycles. The van der Waals surface area contributed by atoms with Gasteiger partial charge in [0, 0.05) is 24.4 Å². The Morgan fingerprint density at radius 1 is 1.25 bits per heavy atom. The minimum Gasteiger partial charge on any atom is -0.490 e. The van der Waals surface area contributed by atoms with Gasteiger partial charge in [-0.25, -0.2) is 0 Å². The maximum absolute atomic E-state index is 5.69. The molecular formula is C12H14N2O2. The highest BCUT2D eigenvalue weighted by molar-refractivity contribution is 5.87. The molecule has 0 saturated heterocycles. The first-order valence-corrected chi connectivity index (χ1v) is 5.07. The van der Waals surface area contributed by atoms with E-state index in [0.717, 1.165) is 16.7 Å². The van der Waals surface area contributed by atoms with Crippen LogP contribution in [-0.2, 0) is 4.74 Å². The smallest absolute Gasteiger partial charge is 0.130 e. The van der Waals surface area contributed by atoms with Crippen LogP contribution in [0.2, 0.25) is 0 Å². The summed E-state index contributed by atoms with van der Waals surface area (Å²) in [5.74, 6) is 0.807. The maximum Gasteiger partial charge on any atom is 0.130 e. The summed E-state index contributed by atoms with van der Waals surface area (Å²) in [5.41, 5.74) is 7.24. The fourth-order valence-electron chi connectivity index (χ4n) is 1.50. The van der Waals surface area contributed by atoms with Crippen molar-refractivity contribution in [2.24, 2.45) is 0 Å². The van der Waals surface area contributed by atoms with E-state index in [2.05, 4.69) is 4.98 Å². The summed E-state index contributed by atoms with van der Waals surface area (Å²) in [6, 6.07) is 7.43. The predicted octanol–water partition coefficient (Wildman–Crippen LogP) is 1.84. The predicted molar refractivity (Wildman–Crippen MR) is 63.5 cm³/mol. The van der Waals surface area contributed by atoms with Crippen molar-refractivity contribution in [1.29, 1.82) is 0 Å². The molecule has 0 amide bonds. The van der Waals surface area contributed by atoms with Crippen LogP contribution < -0.4 is 10.5 Å². The number of aromatic nitrogens is 1. The molecule has 84 valence electrons. The Balaban J connectivity index is 2.30. The van der Waals surface area contributed by atoms with Crippen LogP contribution in [0.5, 0.6) is 5.75 Å². The van der Waals surface area contributed by atoms with Gasteiger partial charge < -0.3 is 15.2 Å². The molecule has 1 heterocycles. The van der Waals surface area contributed by atoms with E-state index in [-0.39, 0.29) is 0 Å². The molecule has 0 aliphatic rings. The molecule has 0 atom stereocenters. The number of nitrogen functional groups attached to an aromatic ring is 1. The zero-order valence-corrected chi connectivity index (χ0v) is 9.14. The Bertz CT molecular complexity index is 485. The zero-order chi connectivity index (χ0) is 11.4. The average Bonchev–Trinajstić information content (AvgIpc) is 2.29. The van der Waals surface area contributed by atoms with E-state index in [0.29, 0.717) is 18.9 Å². The number of hydrogen-bond acceptors (Lipinski definition) is 4. The highest BCUT2D eigenvalue weighted by atomic mass is 16.5. The van der Waals surface area contributed by atoms with Gasteiger partial charge in [-0.2, -0.15) is 0 Å². The molecule has 4 nitrogen and oxygen atoms in total. The molecule has 1 aromatic carbocycles. The van der Waals surface area contributed by atoms with E-state index in [1.165, 1.54) is 0 Å². The fourth-order valence-corrected chi connectivity index (χ4v) is 1.50. The highest BCUT2D eigenvalue weighted by Crippen LogP contribution is 2.25. The lowest BCUT2D eigenvalue weighted by molar-refractivity contribution is 0.147. The first-order chi connectivity index (χ1) is 7.81. The van der Waals surface area contributed by atoms with Crippen LogP contribution in [0.15, 0.2) is 30.5 Å². The van der Waals surface area contributed by atoms with Crippen molar-refractivity contribution in [3.8, 4) is 5.75 Å². The maximum atomic E-state index is 5.69. The van der Waals surface area contributed by atoms with Gasteiger partial charge in [-0.05, 0) is 24.3 Å². The number of nitrogens with two attached hydrogens (primary N) is 1. The van der Waals surface area contributed by atoms with Gasteiger partial charge in [-0.15, -0.1) is 0 Å². The molecule has 2 N–H and O–H groups in total. The molecule has 0 radical (unpaired) electrons. The minimum absolute atomic E-state index is 0.528. The number of nitrogens with zero attached hydrogens (tertiary/aromatic N) is 1. The highest BCUT2D eigenvalue weighted by Gasteiger charge is 2.02. The summed E-state index contributed by atoms with van der Waals surface area (Å²) in [5, 5.41) is 0.966. The van der Waals surface area contributed by atoms with Gasteiger partial charge in [0.2, 0.25) is 0 Å². The third-order valence-electron chi connectivity index (χ3n) is 2.27. The van der Waals surface area contributed by atoms with Gasteiger partial charge in [0.05, 0.1) is 12.1 Å². The Morgan fingerprint density at radius 3 is 2.94 bits per heavy atom. The lowest BCUT2D eigenvalue weighted by Crippen LogP contribution is -2.04. The number of fused-ring (bicyclic) bond motifs is 1. The number of methoxy groups -OCH3 is 1. The number of benzene rings is 1. The van der Waals surface area contributed by atoms with Crippen LogP contribution in [0.25, 0.3) is 10.9 Å². The second-order valence-corrected chi connectivity index (χ2v) is 3.43. The van der Waals surface area contributed by atoms with E-state index >= 15 is 0 Å². The van der Waals surface area contributed by atoms with Crippen LogP contribution in [-0.4, -0.2) is 25.3 Å². The summed E-state index contributed by atoms with van der Waals surface area (Å²) in [6.45, 7) is 1.10. The second-order valence-electron chi connectivity index (χ2n) is 3.43. The summed E-state index contributed by atoms with van der Waals surface area (Å²) in [7, 11) is 1.65. The van der Waals surface area contributed by atoms with Crippen LogP contribution >= 0.6 is 0 Å². The van der Waals surface area contributed by atoms with E-state index in [1.807, 2.05) is 24.3 Å². The topological polar surface area (TPSA) is 57.4 Å². The Kier molecular flexibility index (Phi) is 3.22. The molecule has 0 spiro atoms. The first-order valence-electron chi connectivity index (χ1n) is 5.07. The van der Waals surface area contributed by atoms with E-state index in [4.69, 9.17) is 15.2 Å². The summed E-state index contributed by atoms with van der Waals surface area (Å²) in [6.07, 6.45) is 1.71. The van der Waals surface area contributed by atoms with Gasteiger partial charge in [-0.1, -0.05) is 0 Å². The van der Waals surface area contributed by atoms with Crippen molar-refractivity contribution in [3.63, 3.8) is 0 Å². The molecule has 0 fully saturated rings. The molecule has 1 aromatic heterocycles. The van der Waals surface area contributed by atoms with Crippen molar-refractivity contribution in [3.05, 3.63) is 30.5 Å². The number of hydrogen-bond donors (Lipinski definition) is 1. The van der Waals surface area contributed by atoms with Crippen molar-refractivity contribution in [2.45, 2.75) is 0 Å². The van der Waals surface area contributed by atoms with Crippen LogP contribution in [0.3, 0.4) is 0 Å². The molecule has 2 aromatic rings. The monoisotopic (exact) mass is 218 g/mol. The summed E-state index contributed by atoms with van der Waals surface area (Å²) < 4.78 is 10.5. The molecule has 0 aliphatic heterocycles. The Hall–Kier alpha value is -1.81. The number of pyridine rings is 1. The van der Waals surface area contributed by atoms with Crippen molar-refractivity contribution in [2.75, 3.05) is 26.1 Å². The third kappa shape index (κ3) is 2.23. The lowest BCUT2D eigenvalue weighted by Gasteiger charge is -2.08. The van der Waals surface area contributed by atoms with Gasteiger partial charge in [0.15, 0.2) is 0 Å². The Morgan fingerprint density at radius 2 is 2.12 bits per heavy atom. The van der Waals surface area contributed by atoms with Gasteiger partial charge in [0.25, 0.3) is 0 Å². The standard InChI is InChI=1S/C12H14N2O2/c1-15-6-7-16-12-4-5-14-11-8-9(13)2-3-10(11)12/h2-5,8H,6-7,13H2,1H3.